The monoisotopic (exact) mass is 243 g/mol. The standard InChI is InChI=1S/C15H17NO2/c16-13(8-9-15(17)18)10-12-6-3-5-11-4-1-2-7-14(11)12/h1-7,13H,8-10,16H2,(H,17,18)/t13-/m1/s1. The number of carboxylic acids is 1. The van der Waals surface area contributed by atoms with Gasteiger partial charge in [0.15, 0.2) is 0 Å². The Morgan fingerprint density at radius 1 is 1.17 bits per heavy atom. The highest BCUT2D eigenvalue weighted by Crippen LogP contribution is 2.20. The summed E-state index contributed by atoms with van der Waals surface area (Å²) in [6, 6.07) is 14.2. The lowest BCUT2D eigenvalue weighted by Gasteiger charge is -2.12. The zero-order chi connectivity index (χ0) is 13.0. The summed E-state index contributed by atoms with van der Waals surface area (Å²) in [7, 11) is 0. The van der Waals surface area contributed by atoms with Gasteiger partial charge in [0.05, 0.1) is 0 Å². The molecule has 0 amide bonds. The number of benzene rings is 2. The Labute approximate surface area is 106 Å². The van der Waals surface area contributed by atoms with Crippen LogP contribution in [0.2, 0.25) is 0 Å². The predicted molar refractivity (Wildman–Crippen MR) is 72.5 cm³/mol. The predicted octanol–water partition coefficient (Wildman–Crippen LogP) is 2.57. The number of fused-ring (bicyclic) bond motifs is 1. The third kappa shape index (κ3) is 3.08. The van der Waals surface area contributed by atoms with Crippen LogP contribution in [0.1, 0.15) is 18.4 Å². The van der Waals surface area contributed by atoms with Crippen LogP contribution in [0.15, 0.2) is 42.5 Å². The lowest BCUT2D eigenvalue weighted by molar-refractivity contribution is -0.137. The molecule has 0 saturated heterocycles. The van der Waals surface area contributed by atoms with E-state index in [2.05, 4.69) is 24.3 Å². The van der Waals surface area contributed by atoms with Gasteiger partial charge in [-0.15, -0.1) is 0 Å². The Bertz CT molecular complexity index is 546. The molecule has 0 aliphatic heterocycles. The highest BCUT2D eigenvalue weighted by molar-refractivity contribution is 5.85. The number of aliphatic carboxylic acids is 1. The highest BCUT2D eigenvalue weighted by atomic mass is 16.4. The largest absolute Gasteiger partial charge is 0.481 e. The second-order valence-electron chi connectivity index (χ2n) is 4.53. The molecular weight excluding hydrogens is 226 g/mol. The summed E-state index contributed by atoms with van der Waals surface area (Å²) in [6.07, 6.45) is 1.36. The van der Waals surface area contributed by atoms with Gasteiger partial charge in [-0.1, -0.05) is 42.5 Å². The van der Waals surface area contributed by atoms with E-state index in [0.29, 0.717) is 12.8 Å². The lowest BCUT2D eigenvalue weighted by Crippen LogP contribution is -2.23. The van der Waals surface area contributed by atoms with Crippen molar-refractivity contribution in [1.82, 2.24) is 0 Å². The van der Waals surface area contributed by atoms with Crippen molar-refractivity contribution in [3.63, 3.8) is 0 Å². The van der Waals surface area contributed by atoms with Crippen LogP contribution in [0.5, 0.6) is 0 Å². The minimum atomic E-state index is -0.789. The Morgan fingerprint density at radius 2 is 1.89 bits per heavy atom. The second kappa shape index (κ2) is 5.65. The molecule has 1 atom stereocenters. The molecule has 18 heavy (non-hydrogen) atoms. The van der Waals surface area contributed by atoms with E-state index in [9.17, 15) is 4.79 Å². The van der Waals surface area contributed by atoms with Crippen molar-refractivity contribution < 1.29 is 9.90 Å². The fourth-order valence-corrected chi connectivity index (χ4v) is 2.16. The Kier molecular flexibility index (Phi) is 3.95. The van der Waals surface area contributed by atoms with Crippen LogP contribution in [0.25, 0.3) is 10.8 Å². The Balaban J connectivity index is 2.14. The van der Waals surface area contributed by atoms with Gasteiger partial charge in [-0.05, 0) is 29.2 Å². The molecule has 0 heterocycles. The SMILES string of the molecule is N[C@H](CCC(=O)O)Cc1cccc2ccccc12. The number of nitrogens with two attached hydrogens (primary N) is 1. The molecule has 3 N–H and O–H groups in total. The fourth-order valence-electron chi connectivity index (χ4n) is 2.16. The quantitative estimate of drug-likeness (QED) is 0.848. The van der Waals surface area contributed by atoms with Crippen LogP contribution in [0, 0.1) is 0 Å². The summed E-state index contributed by atoms with van der Waals surface area (Å²) in [4.78, 5) is 10.5. The van der Waals surface area contributed by atoms with Gasteiger partial charge in [0, 0.05) is 12.5 Å². The molecule has 2 aromatic carbocycles. The number of hydrogen-bond acceptors (Lipinski definition) is 2. The minimum absolute atomic E-state index is 0.105. The molecule has 94 valence electrons. The van der Waals surface area contributed by atoms with Crippen LogP contribution < -0.4 is 5.73 Å². The van der Waals surface area contributed by atoms with Gasteiger partial charge in [-0.2, -0.15) is 0 Å². The van der Waals surface area contributed by atoms with Crippen molar-refractivity contribution >= 4 is 16.7 Å². The molecule has 2 aromatic rings. The maximum Gasteiger partial charge on any atom is 0.303 e. The van der Waals surface area contributed by atoms with Crippen molar-refractivity contribution in [2.24, 2.45) is 5.73 Å². The molecule has 0 saturated carbocycles. The first-order valence-corrected chi connectivity index (χ1v) is 6.11. The molecule has 0 radical (unpaired) electrons. The number of rotatable bonds is 5. The van der Waals surface area contributed by atoms with Crippen molar-refractivity contribution in [2.45, 2.75) is 25.3 Å². The van der Waals surface area contributed by atoms with Gasteiger partial charge in [-0.3, -0.25) is 4.79 Å². The van der Waals surface area contributed by atoms with Crippen LogP contribution in [0.4, 0.5) is 0 Å². The number of hydrogen-bond donors (Lipinski definition) is 2. The molecule has 3 nitrogen and oxygen atoms in total. The molecule has 0 fully saturated rings. The van der Waals surface area contributed by atoms with E-state index in [1.165, 1.54) is 16.3 Å². The highest BCUT2D eigenvalue weighted by Gasteiger charge is 2.08. The van der Waals surface area contributed by atoms with Crippen LogP contribution in [0.3, 0.4) is 0 Å². The van der Waals surface area contributed by atoms with Gasteiger partial charge >= 0.3 is 5.97 Å². The molecule has 0 aliphatic carbocycles. The lowest BCUT2D eigenvalue weighted by atomic mass is 9.97. The van der Waals surface area contributed by atoms with Crippen molar-refractivity contribution in [3.8, 4) is 0 Å². The average molecular weight is 243 g/mol. The van der Waals surface area contributed by atoms with Crippen LogP contribution in [-0.4, -0.2) is 17.1 Å². The van der Waals surface area contributed by atoms with Gasteiger partial charge in [0.2, 0.25) is 0 Å². The Morgan fingerprint density at radius 3 is 2.67 bits per heavy atom. The minimum Gasteiger partial charge on any atom is -0.481 e. The smallest absolute Gasteiger partial charge is 0.303 e. The summed E-state index contributed by atoms with van der Waals surface area (Å²) >= 11 is 0. The third-order valence-electron chi connectivity index (χ3n) is 3.09. The zero-order valence-corrected chi connectivity index (χ0v) is 10.2. The third-order valence-corrected chi connectivity index (χ3v) is 3.09. The summed E-state index contributed by atoms with van der Waals surface area (Å²) in [5.74, 6) is -0.789. The molecule has 0 aromatic heterocycles. The summed E-state index contributed by atoms with van der Waals surface area (Å²) in [5, 5.41) is 11.0. The van der Waals surface area contributed by atoms with Gasteiger partial charge < -0.3 is 10.8 Å². The molecule has 0 spiro atoms. The van der Waals surface area contributed by atoms with Gasteiger partial charge in [0.25, 0.3) is 0 Å². The number of carboxylic acid groups (broad SMARTS) is 1. The van der Waals surface area contributed by atoms with E-state index in [0.717, 1.165) is 0 Å². The van der Waals surface area contributed by atoms with E-state index in [4.69, 9.17) is 10.8 Å². The topological polar surface area (TPSA) is 63.3 Å². The molecular formula is C15H17NO2. The van der Waals surface area contributed by atoms with E-state index >= 15 is 0 Å². The molecule has 2 rings (SSSR count). The van der Waals surface area contributed by atoms with E-state index in [1.807, 2.05) is 18.2 Å². The molecule has 0 unspecified atom stereocenters. The van der Waals surface area contributed by atoms with Gasteiger partial charge in [0.1, 0.15) is 0 Å². The molecule has 3 heteroatoms. The first kappa shape index (κ1) is 12.6. The van der Waals surface area contributed by atoms with Crippen LogP contribution >= 0.6 is 0 Å². The van der Waals surface area contributed by atoms with Crippen molar-refractivity contribution in [3.05, 3.63) is 48.0 Å². The zero-order valence-electron chi connectivity index (χ0n) is 10.2. The van der Waals surface area contributed by atoms with Crippen molar-refractivity contribution in [2.75, 3.05) is 0 Å². The maximum atomic E-state index is 10.5. The Hall–Kier alpha value is -1.87. The van der Waals surface area contributed by atoms with Crippen molar-refractivity contribution in [1.29, 1.82) is 0 Å². The van der Waals surface area contributed by atoms with Crippen LogP contribution in [-0.2, 0) is 11.2 Å². The van der Waals surface area contributed by atoms with E-state index in [-0.39, 0.29) is 12.5 Å². The van der Waals surface area contributed by atoms with E-state index < -0.39 is 5.97 Å². The second-order valence-corrected chi connectivity index (χ2v) is 4.53. The average Bonchev–Trinajstić information content (AvgIpc) is 2.37. The fraction of sp³-hybridized carbons (Fsp3) is 0.267. The number of carbonyl (C=O) groups is 1. The summed E-state index contributed by atoms with van der Waals surface area (Å²) in [5.41, 5.74) is 7.17. The molecule has 0 aliphatic rings. The normalized spacial score (nSPS) is 12.5. The first-order valence-electron chi connectivity index (χ1n) is 6.11. The maximum absolute atomic E-state index is 10.5. The summed E-state index contributed by atoms with van der Waals surface area (Å²) in [6.45, 7) is 0. The first-order chi connectivity index (χ1) is 8.66. The van der Waals surface area contributed by atoms with Gasteiger partial charge in [-0.25, -0.2) is 0 Å². The molecule has 0 bridgehead atoms. The summed E-state index contributed by atoms with van der Waals surface area (Å²) < 4.78 is 0. The van der Waals surface area contributed by atoms with E-state index in [1.54, 1.807) is 0 Å².